The van der Waals surface area contributed by atoms with Gasteiger partial charge in [-0.25, -0.2) is 0 Å². The van der Waals surface area contributed by atoms with Crippen LogP contribution in [-0.4, -0.2) is 37.1 Å². The van der Waals surface area contributed by atoms with Crippen molar-refractivity contribution in [3.8, 4) is 0 Å². The Hall–Kier alpha value is -3.15. The fraction of sp³-hybridized carbons (Fsp3) is 0.375. The van der Waals surface area contributed by atoms with Crippen molar-refractivity contribution in [2.24, 2.45) is 0 Å². The lowest BCUT2D eigenvalue weighted by Crippen LogP contribution is -2.39. The summed E-state index contributed by atoms with van der Waals surface area (Å²) in [5, 5.41) is 0. The average Bonchev–Trinajstić information content (AvgIpc) is 2.79. The van der Waals surface area contributed by atoms with E-state index in [1.54, 1.807) is 32.9 Å². The van der Waals surface area contributed by atoms with Crippen molar-refractivity contribution < 1.29 is 23.9 Å². The number of hydrogen-bond donors (Lipinski definition) is 0. The summed E-state index contributed by atoms with van der Waals surface area (Å²) < 4.78 is 10.3. The van der Waals surface area contributed by atoms with Crippen LogP contribution < -0.4 is 4.90 Å². The van der Waals surface area contributed by atoms with Gasteiger partial charge >= 0.3 is 11.9 Å². The summed E-state index contributed by atoms with van der Waals surface area (Å²) in [6, 6.07) is 14.8. The highest BCUT2D eigenvalue weighted by atomic mass is 16.6. The zero-order chi connectivity index (χ0) is 21.9. The molecule has 0 saturated carbocycles. The molecule has 158 valence electrons. The number of hydrogen-bond acceptors (Lipinski definition) is 5. The van der Waals surface area contributed by atoms with Crippen LogP contribution in [0.2, 0.25) is 0 Å². The van der Waals surface area contributed by atoms with Gasteiger partial charge in [0.1, 0.15) is 12.1 Å². The van der Waals surface area contributed by atoms with E-state index in [0.717, 1.165) is 11.1 Å². The second-order valence-electron chi connectivity index (χ2n) is 8.29. The number of methoxy groups -OCH3 is 1. The predicted octanol–water partition coefficient (Wildman–Crippen LogP) is 4.07. The SMILES string of the molecule is COC(=O)CCC1c2ccccc2C(=O)N(CC(=O)OC(C)(C)C)c2ccccc21. The van der Waals surface area contributed by atoms with Crippen LogP contribution in [0, 0.1) is 0 Å². The van der Waals surface area contributed by atoms with Crippen molar-refractivity contribution in [3.63, 3.8) is 0 Å². The van der Waals surface area contributed by atoms with Crippen LogP contribution in [0.15, 0.2) is 48.5 Å². The van der Waals surface area contributed by atoms with Crippen LogP contribution >= 0.6 is 0 Å². The maximum Gasteiger partial charge on any atom is 0.326 e. The Kier molecular flexibility index (Phi) is 6.25. The van der Waals surface area contributed by atoms with Gasteiger partial charge in [-0.15, -0.1) is 0 Å². The van der Waals surface area contributed by atoms with Gasteiger partial charge in [-0.1, -0.05) is 36.4 Å². The van der Waals surface area contributed by atoms with Gasteiger partial charge in [-0.05, 0) is 50.5 Å². The first-order valence-corrected chi connectivity index (χ1v) is 9.99. The number of carbonyl (C=O) groups is 3. The zero-order valence-corrected chi connectivity index (χ0v) is 17.8. The molecule has 0 fully saturated rings. The van der Waals surface area contributed by atoms with E-state index < -0.39 is 11.6 Å². The molecule has 0 aliphatic carbocycles. The molecule has 1 atom stereocenters. The number of nitrogens with zero attached hydrogens (tertiary/aromatic N) is 1. The Balaban J connectivity index is 2.07. The number of esters is 2. The van der Waals surface area contributed by atoms with Crippen LogP contribution in [0.1, 0.15) is 61.0 Å². The maximum atomic E-state index is 13.5. The molecule has 0 radical (unpaired) electrons. The number of amides is 1. The van der Waals surface area contributed by atoms with Gasteiger partial charge < -0.3 is 9.47 Å². The minimum absolute atomic E-state index is 0.177. The first-order chi connectivity index (χ1) is 14.2. The molecule has 1 heterocycles. The van der Waals surface area contributed by atoms with E-state index in [2.05, 4.69) is 0 Å². The smallest absolute Gasteiger partial charge is 0.326 e. The van der Waals surface area contributed by atoms with E-state index in [1.165, 1.54) is 12.0 Å². The molecule has 1 unspecified atom stereocenters. The highest BCUT2D eigenvalue weighted by Gasteiger charge is 2.34. The van der Waals surface area contributed by atoms with Crippen molar-refractivity contribution in [1.82, 2.24) is 0 Å². The summed E-state index contributed by atoms with van der Waals surface area (Å²) in [7, 11) is 1.36. The van der Waals surface area contributed by atoms with Gasteiger partial charge in [0.05, 0.1) is 7.11 Å². The molecule has 0 bridgehead atoms. The third-order valence-corrected chi connectivity index (χ3v) is 4.99. The highest BCUT2D eigenvalue weighted by Crippen LogP contribution is 2.41. The lowest BCUT2D eigenvalue weighted by molar-refractivity contribution is -0.153. The number of anilines is 1. The molecular formula is C24H27NO5. The molecule has 30 heavy (non-hydrogen) atoms. The summed E-state index contributed by atoms with van der Waals surface area (Å²) in [5.41, 5.74) is 2.26. The quantitative estimate of drug-likeness (QED) is 0.696. The first kappa shape index (κ1) is 21.6. The van der Waals surface area contributed by atoms with Crippen molar-refractivity contribution in [2.45, 2.75) is 45.1 Å². The highest BCUT2D eigenvalue weighted by molar-refractivity contribution is 6.10. The van der Waals surface area contributed by atoms with Gasteiger partial charge in [0.25, 0.3) is 5.91 Å². The maximum absolute atomic E-state index is 13.5. The molecule has 1 amide bonds. The van der Waals surface area contributed by atoms with Crippen LogP contribution in [-0.2, 0) is 19.1 Å². The topological polar surface area (TPSA) is 72.9 Å². The second-order valence-corrected chi connectivity index (χ2v) is 8.29. The Labute approximate surface area is 176 Å². The Bertz CT molecular complexity index is 960. The van der Waals surface area contributed by atoms with Crippen molar-refractivity contribution in [1.29, 1.82) is 0 Å². The molecule has 0 spiro atoms. The number of ether oxygens (including phenoxy) is 2. The molecule has 0 aromatic heterocycles. The largest absolute Gasteiger partial charge is 0.469 e. The van der Waals surface area contributed by atoms with E-state index in [9.17, 15) is 14.4 Å². The molecule has 6 heteroatoms. The Morgan fingerprint density at radius 3 is 2.27 bits per heavy atom. The van der Waals surface area contributed by atoms with E-state index in [0.29, 0.717) is 17.7 Å². The van der Waals surface area contributed by atoms with Crippen LogP contribution in [0.5, 0.6) is 0 Å². The Morgan fingerprint density at radius 1 is 0.967 bits per heavy atom. The summed E-state index contributed by atoms with van der Waals surface area (Å²) in [5.74, 6) is -1.21. The van der Waals surface area contributed by atoms with Crippen LogP contribution in [0.25, 0.3) is 0 Å². The van der Waals surface area contributed by atoms with Crippen molar-refractivity contribution in [3.05, 3.63) is 65.2 Å². The molecule has 3 rings (SSSR count). The number of carbonyl (C=O) groups excluding carboxylic acids is 3. The normalized spacial score (nSPS) is 15.7. The predicted molar refractivity (Wildman–Crippen MR) is 113 cm³/mol. The van der Waals surface area contributed by atoms with Gasteiger partial charge in [0.2, 0.25) is 0 Å². The van der Waals surface area contributed by atoms with Gasteiger partial charge in [0.15, 0.2) is 0 Å². The van der Waals surface area contributed by atoms with Crippen LogP contribution in [0.4, 0.5) is 5.69 Å². The fourth-order valence-electron chi connectivity index (χ4n) is 3.78. The third-order valence-electron chi connectivity index (χ3n) is 4.99. The second kappa shape index (κ2) is 8.69. The standard InChI is InChI=1S/C24H27NO5/c1-24(2,3)30-22(27)15-25-20-12-8-7-10-18(20)17(13-14-21(26)29-4)16-9-5-6-11-19(16)23(25)28/h5-12,17H,13-15H2,1-4H3. The third kappa shape index (κ3) is 4.70. The summed E-state index contributed by atoms with van der Waals surface area (Å²) in [4.78, 5) is 39.3. The number of benzene rings is 2. The minimum Gasteiger partial charge on any atom is -0.469 e. The van der Waals surface area contributed by atoms with Crippen molar-refractivity contribution in [2.75, 3.05) is 18.6 Å². The number of rotatable bonds is 5. The molecule has 2 aromatic rings. The molecule has 2 aromatic carbocycles. The van der Waals surface area contributed by atoms with Gasteiger partial charge in [-0.3, -0.25) is 19.3 Å². The van der Waals surface area contributed by atoms with E-state index in [1.807, 2.05) is 36.4 Å². The molecular weight excluding hydrogens is 382 g/mol. The lowest BCUT2D eigenvalue weighted by Gasteiger charge is -2.26. The number of fused-ring (bicyclic) bond motifs is 2. The average molecular weight is 409 g/mol. The first-order valence-electron chi connectivity index (χ1n) is 9.99. The lowest BCUT2D eigenvalue weighted by atomic mass is 9.85. The zero-order valence-electron chi connectivity index (χ0n) is 17.8. The molecule has 0 N–H and O–H groups in total. The molecule has 1 aliphatic heterocycles. The van der Waals surface area contributed by atoms with Crippen molar-refractivity contribution >= 4 is 23.5 Å². The van der Waals surface area contributed by atoms with E-state index in [4.69, 9.17) is 9.47 Å². The fourth-order valence-corrected chi connectivity index (χ4v) is 3.78. The van der Waals surface area contributed by atoms with E-state index >= 15 is 0 Å². The summed E-state index contributed by atoms with van der Waals surface area (Å²) in [6.07, 6.45) is 0.721. The van der Waals surface area contributed by atoms with E-state index in [-0.39, 0.29) is 30.8 Å². The molecule has 1 aliphatic rings. The monoisotopic (exact) mass is 409 g/mol. The number of para-hydroxylation sites is 1. The minimum atomic E-state index is -0.646. The Morgan fingerprint density at radius 2 is 1.60 bits per heavy atom. The van der Waals surface area contributed by atoms with Gasteiger partial charge in [-0.2, -0.15) is 0 Å². The molecule has 0 saturated heterocycles. The summed E-state index contributed by atoms with van der Waals surface area (Å²) >= 11 is 0. The van der Waals surface area contributed by atoms with Crippen LogP contribution in [0.3, 0.4) is 0 Å². The summed E-state index contributed by atoms with van der Waals surface area (Å²) in [6.45, 7) is 5.19. The molecule has 6 nitrogen and oxygen atoms in total. The van der Waals surface area contributed by atoms with Gasteiger partial charge in [0, 0.05) is 23.6 Å².